The van der Waals surface area contributed by atoms with Crippen molar-refractivity contribution < 1.29 is 13.9 Å². The molecule has 6 heteroatoms. The van der Waals surface area contributed by atoms with Gasteiger partial charge in [-0.2, -0.15) is 0 Å². The monoisotopic (exact) mass is 327 g/mol. The molecule has 0 saturated heterocycles. The van der Waals surface area contributed by atoms with Gasteiger partial charge in [-0.05, 0) is 30.3 Å². The van der Waals surface area contributed by atoms with Crippen molar-refractivity contribution in [1.29, 1.82) is 0 Å². The lowest BCUT2D eigenvalue weighted by atomic mass is 10.1. The molecule has 0 saturated carbocycles. The molecule has 0 aromatic heterocycles. The van der Waals surface area contributed by atoms with Crippen LogP contribution in [-0.2, 0) is 0 Å². The number of hydrogen-bond donors (Lipinski definition) is 1. The van der Waals surface area contributed by atoms with Crippen LogP contribution in [0.1, 0.15) is 10.4 Å². The number of halogens is 3. The molecule has 0 unspecified atom stereocenters. The van der Waals surface area contributed by atoms with Crippen LogP contribution in [0.5, 0.6) is 5.75 Å². The van der Waals surface area contributed by atoms with E-state index < -0.39 is 5.82 Å². The number of anilines is 1. The Morgan fingerprint density at radius 1 is 1.29 bits per heavy atom. The predicted octanol–water partition coefficient (Wildman–Crippen LogP) is 4.44. The number of rotatable bonds is 5. The van der Waals surface area contributed by atoms with E-state index in [0.717, 1.165) is 6.07 Å². The average Bonchev–Trinajstić information content (AvgIpc) is 2.48. The molecule has 1 N–H and O–H groups in total. The quantitative estimate of drug-likeness (QED) is 0.825. The van der Waals surface area contributed by atoms with Crippen LogP contribution in [0.2, 0.25) is 10.0 Å². The topological polar surface area (TPSA) is 38.3 Å². The van der Waals surface area contributed by atoms with E-state index in [1.807, 2.05) is 0 Å². The van der Waals surface area contributed by atoms with Crippen LogP contribution in [0.4, 0.5) is 10.1 Å². The van der Waals surface area contributed by atoms with Crippen molar-refractivity contribution in [2.45, 2.75) is 0 Å². The fourth-order valence-electron chi connectivity index (χ4n) is 1.76. The number of carbonyl (C=O) groups excluding carboxylic acids is 1. The Bertz CT molecular complexity index is 677. The van der Waals surface area contributed by atoms with Crippen LogP contribution in [-0.4, -0.2) is 19.4 Å². The van der Waals surface area contributed by atoms with Crippen molar-refractivity contribution in [3.05, 3.63) is 57.8 Å². The molecule has 0 radical (unpaired) electrons. The first-order valence-electron chi connectivity index (χ1n) is 6.07. The minimum absolute atomic E-state index is 0.0220. The van der Waals surface area contributed by atoms with E-state index in [2.05, 4.69) is 5.32 Å². The lowest BCUT2D eigenvalue weighted by molar-refractivity contribution is 0.101. The van der Waals surface area contributed by atoms with Gasteiger partial charge in [0.1, 0.15) is 0 Å². The number of nitrogens with one attached hydrogen (secondary N) is 1. The van der Waals surface area contributed by atoms with Crippen molar-refractivity contribution in [3.63, 3.8) is 0 Å². The summed E-state index contributed by atoms with van der Waals surface area (Å²) in [5, 5.41) is 3.61. The highest BCUT2D eigenvalue weighted by atomic mass is 35.5. The van der Waals surface area contributed by atoms with Gasteiger partial charge in [0.05, 0.1) is 29.4 Å². The second-order valence-corrected chi connectivity index (χ2v) is 5.01. The molecule has 0 aliphatic carbocycles. The summed E-state index contributed by atoms with van der Waals surface area (Å²) in [7, 11) is 1.36. The van der Waals surface area contributed by atoms with Gasteiger partial charge in [0, 0.05) is 5.56 Å². The zero-order valence-electron chi connectivity index (χ0n) is 11.1. The van der Waals surface area contributed by atoms with Gasteiger partial charge >= 0.3 is 0 Å². The summed E-state index contributed by atoms with van der Waals surface area (Å²) >= 11 is 11.9. The first-order valence-corrected chi connectivity index (χ1v) is 6.83. The number of Topliss-reactive ketones (excluding diaryl/α,β-unsaturated/α-hetero) is 1. The number of benzene rings is 2. The summed E-state index contributed by atoms with van der Waals surface area (Å²) in [5.74, 6) is -0.755. The summed E-state index contributed by atoms with van der Waals surface area (Å²) < 4.78 is 18.4. The molecule has 2 rings (SSSR count). The minimum atomic E-state index is -0.580. The van der Waals surface area contributed by atoms with Crippen LogP contribution in [0, 0.1) is 5.82 Å². The fraction of sp³-hybridized carbons (Fsp3) is 0.133. The lowest BCUT2D eigenvalue weighted by Crippen LogP contribution is -2.14. The Labute approximate surface area is 131 Å². The van der Waals surface area contributed by atoms with E-state index in [1.54, 1.807) is 18.2 Å². The molecule has 0 heterocycles. The molecule has 110 valence electrons. The van der Waals surface area contributed by atoms with E-state index in [4.69, 9.17) is 27.9 Å². The van der Waals surface area contributed by atoms with Crippen LogP contribution >= 0.6 is 23.2 Å². The van der Waals surface area contributed by atoms with E-state index in [0.29, 0.717) is 15.7 Å². The zero-order chi connectivity index (χ0) is 15.4. The number of ketones is 1. The predicted molar refractivity (Wildman–Crippen MR) is 82.2 cm³/mol. The molecule has 2 aromatic rings. The third-order valence-corrected chi connectivity index (χ3v) is 3.68. The van der Waals surface area contributed by atoms with Crippen LogP contribution in [0.25, 0.3) is 0 Å². The molecule has 0 atom stereocenters. The van der Waals surface area contributed by atoms with Crippen molar-refractivity contribution in [2.75, 3.05) is 19.0 Å². The molecule has 0 amide bonds. The summed E-state index contributed by atoms with van der Waals surface area (Å²) in [4.78, 5) is 12.0. The molecule has 0 aliphatic rings. The van der Waals surface area contributed by atoms with Gasteiger partial charge in [0.2, 0.25) is 0 Å². The standard InChI is InChI=1S/C15H12Cl2FNO2/c1-21-14-6-5-9(7-11(14)18)13(20)8-19-12-4-2-3-10(16)15(12)17/h2-7,19H,8H2,1H3. The molecule has 0 bridgehead atoms. The maximum atomic E-state index is 13.6. The SMILES string of the molecule is COc1ccc(C(=O)CNc2cccc(Cl)c2Cl)cc1F. The summed E-state index contributed by atoms with van der Waals surface area (Å²) in [5.41, 5.74) is 0.797. The first-order chi connectivity index (χ1) is 10.0. The van der Waals surface area contributed by atoms with E-state index in [-0.39, 0.29) is 23.6 Å². The first kappa shape index (κ1) is 15.6. The van der Waals surface area contributed by atoms with Gasteiger partial charge in [-0.25, -0.2) is 4.39 Å². The van der Waals surface area contributed by atoms with Crippen molar-refractivity contribution >= 4 is 34.7 Å². The maximum absolute atomic E-state index is 13.6. The molecular weight excluding hydrogens is 316 g/mol. The maximum Gasteiger partial charge on any atom is 0.181 e. The molecule has 3 nitrogen and oxygen atoms in total. The third kappa shape index (κ3) is 3.65. The summed E-state index contributed by atoms with van der Waals surface area (Å²) in [6, 6.07) is 9.13. The summed E-state index contributed by atoms with van der Waals surface area (Å²) in [6.45, 7) is -0.0220. The third-order valence-electron chi connectivity index (χ3n) is 2.86. The smallest absolute Gasteiger partial charge is 0.181 e. The van der Waals surface area contributed by atoms with Gasteiger partial charge in [-0.3, -0.25) is 4.79 Å². The zero-order valence-corrected chi connectivity index (χ0v) is 12.6. The Hall–Kier alpha value is -1.78. The van der Waals surface area contributed by atoms with Crippen molar-refractivity contribution in [1.82, 2.24) is 0 Å². The Kier molecular flexibility index (Phi) is 5.04. The lowest BCUT2D eigenvalue weighted by Gasteiger charge is -2.09. The molecule has 21 heavy (non-hydrogen) atoms. The molecule has 2 aromatic carbocycles. The number of ether oxygens (including phenoxy) is 1. The summed E-state index contributed by atoms with van der Waals surface area (Å²) in [6.07, 6.45) is 0. The highest BCUT2D eigenvalue weighted by molar-refractivity contribution is 6.43. The molecular formula is C15H12Cl2FNO2. The second-order valence-electron chi connectivity index (χ2n) is 4.23. The fourth-order valence-corrected chi connectivity index (χ4v) is 2.13. The van der Waals surface area contributed by atoms with Gasteiger partial charge < -0.3 is 10.1 Å². The van der Waals surface area contributed by atoms with Crippen LogP contribution in [0.3, 0.4) is 0 Å². The van der Waals surface area contributed by atoms with Gasteiger partial charge in [-0.1, -0.05) is 29.3 Å². The average molecular weight is 328 g/mol. The van der Waals surface area contributed by atoms with E-state index >= 15 is 0 Å². The van der Waals surface area contributed by atoms with Crippen molar-refractivity contribution in [3.8, 4) is 5.75 Å². The number of methoxy groups -OCH3 is 1. The Balaban J connectivity index is 2.08. The van der Waals surface area contributed by atoms with Crippen LogP contribution in [0.15, 0.2) is 36.4 Å². The Morgan fingerprint density at radius 2 is 2.05 bits per heavy atom. The number of hydrogen-bond acceptors (Lipinski definition) is 3. The van der Waals surface area contributed by atoms with Crippen LogP contribution < -0.4 is 10.1 Å². The van der Waals surface area contributed by atoms with Gasteiger partial charge in [-0.15, -0.1) is 0 Å². The highest BCUT2D eigenvalue weighted by Crippen LogP contribution is 2.29. The van der Waals surface area contributed by atoms with Crippen molar-refractivity contribution in [2.24, 2.45) is 0 Å². The minimum Gasteiger partial charge on any atom is -0.494 e. The Morgan fingerprint density at radius 3 is 2.71 bits per heavy atom. The largest absolute Gasteiger partial charge is 0.494 e. The second kappa shape index (κ2) is 6.78. The van der Waals surface area contributed by atoms with E-state index in [9.17, 15) is 9.18 Å². The molecule has 0 fully saturated rings. The highest BCUT2D eigenvalue weighted by Gasteiger charge is 2.11. The molecule has 0 spiro atoms. The number of carbonyl (C=O) groups is 1. The van der Waals surface area contributed by atoms with E-state index in [1.165, 1.54) is 19.2 Å². The normalized spacial score (nSPS) is 10.3. The van der Waals surface area contributed by atoms with Gasteiger partial charge in [0.25, 0.3) is 0 Å². The van der Waals surface area contributed by atoms with Gasteiger partial charge in [0.15, 0.2) is 17.3 Å². The molecule has 0 aliphatic heterocycles.